The van der Waals surface area contributed by atoms with Crippen molar-refractivity contribution in [2.75, 3.05) is 11.9 Å². The van der Waals surface area contributed by atoms with E-state index in [1.165, 1.54) is 0 Å². The standard InChI is InChI=1S/C16H22N4O2/c1-3-13(2)22-15-6-4-14(5-7-15)19-16(21)18-9-11-20-10-8-17-12-20/h4-8,10,12-13H,3,9,11H2,1-2H3,(H2,18,19,21)/t13-/m0/s1. The average Bonchev–Trinajstić information content (AvgIpc) is 3.02. The quantitative estimate of drug-likeness (QED) is 0.826. The number of hydrogen-bond donors (Lipinski definition) is 2. The molecule has 0 aliphatic rings. The molecule has 6 nitrogen and oxygen atoms in total. The van der Waals surface area contributed by atoms with Crippen LogP contribution in [-0.2, 0) is 6.54 Å². The van der Waals surface area contributed by atoms with Gasteiger partial charge in [-0.15, -0.1) is 0 Å². The molecule has 6 heteroatoms. The third kappa shape index (κ3) is 5.12. The van der Waals surface area contributed by atoms with Crippen LogP contribution in [0.1, 0.15) is 20.3 Å². The normalized spacial score (nSPS) is 11.7. The minimum atomic E-state index is -0.226. The van der Waals surface area contributed by atoms with E-state index < -0.39 is 0 Å². The Kier molecular flexibility index (Phi) is 5.82. The van der Waals surface area contributed by atoms with Crippen LogP contribution in [0.2, 0.25) is 0 Å². The Balaban J connectivity index is 1.74. The molecule has 0 aliphatic carbocycles. The van der Waals surface area contributed by atoms with Gasteiger partial charge in [-0.3, -0.25) is 0 Å². The molecule has 1 aromatic heterocycles. The van der Waals surface area contributed by atoms with Gasteiger partial charge in [0.15, 0.2) is 0 Å². The molecule has 2 amide bonds. The molecule has 1 atom stereocenters. The zero-order valence-electron chi connectivity index (χ0n) is 13.0. The molecular weight excluding hydrogens is 280 g/mol. The SMILES string of the molecule is CC[C@H](C)Oc1ccc(NC(=O)NCCn2ccnc2)cc1. The summed E-state index contributed by atoms with van der Waals surface area (Å²) >= 11 is 0. The lowest BCUT2D eigenvalue weighted by Gasteiger charge is -2.13. The highest BCUT2D eigenvalue weighted by Crippen LogP contribution is 2.17. The maximum absolute atomic E-state index is 11.8. The minimum Gasteiger partial charge on any atom is -0.491 e. The third-order valence-corrected chi connectivity index (χ3v) is 3.24. The van der Waals surface area contributed by atoms with Crippen LogP contribution in [0.4, 0.5) is 10.5 Å². The molecule has 0 radical (unpaired) electrons. The number of nitrogens with one attached hydrogen (secondary N) is 2. The summed E-state index contributed by atoms with van der Waals surface area (Å²) in [4.78, 5) is 15.7. The average molecular weight is 302 g/mol. The zero-order valence-corrected chi connectivity index (χ0v) is 13.0. The summed E-state index contributed by atoms with van der Waals surface area (Å²) in [5.41, 5.74) is 0.733. The fourth-order valence-electron chi connectivity index (χ4n) is 1.83. The number of benzene rings is 1. The van der Waals surface area contributed by atoms with E-state index in [2.05, 4.69) is 22.5 Å². The van der Waals surface area contributed by atoms with Crippen molar-refractivity contribution in [1.29, 1.82) is 0 Å². The number of ether oxygens (including phenoxy) is 1. The number of imidazole rings is 1. The van der Waals surface area contributed by atoms with Crippen LogP contribution in [0.3, 0.4) is 0 Å². The fourth-order valence-corrected chi connectivity index (χ4v) is 1.83. The molecule has 0 unspecified atom stereocenters. The second-order valence-electron chi connectivity index (χ2n) is 5.04. The first-order chi connectivity index (χ1) is 10.7. The smallest absolute Gasteiger partial charge is 0.319 e. The van der Waals surface area contributed by atoms with Crippen LogP contribution in [0.15, 0.2) is 43.0 Å². The zero-order chi connectivity index (χ0) is 15.8. The highest BCUT2D eigenvalue weighted by molar-refractivity contribution is 5.89. The Morgan fingerprint density at radius 3 is 2.77 bits per heavy atom. The number of rotatable bonds is 7. The molecule has 0 fully saturated rings. The molecule has 0 spiro atoms. The Morgan fingerprint density at radius 1 is 1.36 bits per heavy atom. The summed E-state index contributed by atoms with van der Waals surface area (Å²) in [7, 11) is 0. The molecule has 0 saturated heterocycles. The lowest BCUT2D eigenvalue weighted by Crippen LogP contribution is -2.31. The third-order valence-electron chi connectivity index (χ3n) is 3.24. The van der Waals surface area contributed by atoms with E-state index in [1.54, 1.807) is 12.5 Å². The largest absolute Gasteiger partial charge is 0.491 e. The van der Waals surface area contributed by atoms with Gasteiger partial charge in [-0.2, -0.15) is 0 Å². The molecule has 1 heterocycles. The van der Waals surface area contributed by atoms with Crippen molar-refractivity contribution in [3.8, 4) is 5.75 Å². The number of aromatic nitrogens is 2. The molecule has 2 aromatic rings. The van der Waals surface area contributed by atoms with Crippen LogP contribution in [0.25, 0.3) is 0 Å². The summed E-state index contributed by atoms with van der Waals surface area (Å²) in [6, 6.07) is 7.14. The molecule has 0 aliphatic heterocycles. The number of nitrogens with zero attached hydrogens (tertiary/aromatic N) is 2. The maximum atomic E-state index is 11.8. The van der Waals surface area contributed by atoms with Crippen molar-refractivity contribution in [2.24, 2.45) is 0 Å². The lowest BCUT2D eigenvalue weighted by molar-refractivity contribution is 0.217. The second kappa shape index (κ2) is 8.07. The molecule has 2 rings (SSSR count). The van der Waals surface area contributed by atoms with Crippen molar-refractivity contribution >= 4 is 11.7 Å². The maximum Gasteiger partial charge on any atom is 0.319 e. The Morgan fingerprint density at radius 2 is 2.14 bits per heavy atom. The monoisotopic (exact) mass is 302 g/mol. The van der Waals surface area contributed by atoms with Crippen LogP contribution < -0.4 is 15.4 Å². The summed E-state index contributed by atoms with van der Waals surface area (Å²) in [5.74, 6) is 0.806. The Bertz CT molecular complexity index is 566. The van der Waals surface area contributed by atoms with Crippen LogP contribution in [0.5, 0.6) is 5.75 Å². The van der Waals surface area contributed by atoms with E-state index in [0.717, 1.165) is 17.9 Å². The number of carbonyl (C=O) groups excluding carboxylic acids is 1. The van der Waals surface area contributed by atoms with Gasteiger partial charge in [0, 0.05) is 31.2 Å². The van der Waals surface area contributed by atoms with Crippen molar-refractivity contribution in [2.45, 2.75) is 32.9 Å². The molecule has 2 N–H and O–H groups in total. The highest BCUT2D eigenvalue weighted by Gasteiger charge is 2.03. The van der Waals surface area contributed by atoms with Gasteiger partial charge in [0.25, 0.3) is 0 Å². The van der Waals surface area contributed by atoms with Crippen molar-refractivity contribution < 1.29 is 9.53 Å². The van der Waals surface area contributed by atoms with E-state index in [1.807, 2.05) is 42.0 Å². The summed E-state index contributed by atoms with van der Waals surface area (Å²) in [5, 5.41) is 5.58. The summed E-state index contributed by atoms with van der Waals surface area (Å²) in [6.45, 7) is 5.33. The number of urea groups is 1. The molecule has 0 saturated carbocycles. The van der Waals surface area contributed by atoms with Crippen LogP contribution in [-0.4, -0.2) is 28.2 Å². The summed E-state index contributed by atoms with van der Waals surface area (Å²) in [6.07, 6.45) is 6.43. The van der Waals surface area contributed by atoms with Gasteiger partial charge < -0.3 is 19.9 Å². The Labute approximate surface area is 130 Å². The summed E-state index contributed by atoms with van der Waals surface area (Å²) < 4.78 is 7.60. The van der Waals surface area contributed by atoms with Crippen molar-refractivity contribution in [3.05, 3.63) is 43.0 Å². The van der Waals surface area contributed by atoms with E-state index in [-0.39, 0.29) is 12.1 Å². The number of amides is 2. The van der Waals surface area contributed by atoms with Gasteiger partial charge in [-0.25, -0.2) is 9.78 Å². The van der Waals surface area contributed by atoms with Gasteiger partial charge in [0.1, 0.15) is 5.75 Å². The topological polar surface area (TPSA) is 68.2 Å². The van der Waals surface area contributed by atoms with Crippen molar-refractivity contribution in [1.82, 2.24) is 14.9 Å². The van der Waals surface area contributed by atoms with Crippen LogP contribution in [0, 0.1) is 0 Å². The number of anilines is 1. The first-order valence-electron chi connectivity index (χ1n) is 7.44. The fraction of sp³-hybridized carbons (Fsp3) is 0.375. The number of carbonyl (C=O) groups is 1. The highest BCUT2D eigenvalue weighted by atomic mass is 16.5. The van der Waals surface area contributed by atoms with Gasteiger partial charge in [0.2, 0.25) is 0 Å². The number of hydrogen-bond acceptors (Lipinski definition) is 3. The van der Waals surface area contributed by atoms with Gasteiger partial charge in [-0.05, 0) is 37.6 Å². The van der Waals surface area contributed by atoms with Gasteiger partial charge in [-0.1, -0.05) is 6.92 Å². The molecule has 22 heavy (non-hydrogen) atoms. The van der Waals surface area contributed by atoms with E-state index in [0.29, 0.717) is 13.1 Å². The molecule has 0 bridgehead atoms. The van der Waals surface area contributed by atoms with Gasteiger partial charge >= 0.3 is 6.03 Å². The van der Waals surface area contributed by atoms with E-state index in [4.69, 9.17) is 4.74 Å². The predicted octanol–water partition coefficient (Wildman–Crippen LogP) is 2.88. The lowest BCUT2D eigenvalue weighted by atomic mass is 10.3. The predicted molar refractivity (Wildman–Crippen MR) is 86.1 cm³/mol. The second-order valence-corrected chi connectivity index (χ2v) is 5.04. The van der Waals surface area contributed by atoms with Crippen LogP contribution >= 0.6 is 0 Å². The minimum absolute atomic E-state index is 0.185. The van der Waals surface area contributed by atoms with Crippen molar-refractivity contribution in [3.63, 3.8) is 0 Å². The first-order valence-corrected chi connectivity index (χ1v) is 7.44. The molecular formula is C16H22N4O2. The van der Waals surface area contributed by atoms with Gasteiger partial charge in [0.05, 0.1) is 12.4 Å². The Hall–Kier alpha value is -2.50. The molecule has 1 aromatic carbocycles. The van der Waals surface area contributed by atoms with E-state index in [9.17, 15) is 4.79 Å². The van der Waals surface area contributed by atoms with E-state index >= 15 is 0 Å². The molecule has 118 valence electrons. The first kappa shape index (κ1) is 15.9.